The molecule has 5 heteroatoms. The fourth-order valence-electron chi connectivity index (χ4n) is 3.92. The van der Waals surface area contributed by atoms with Crippen LogP contribution in [0.2, 0.25) is 0 Å². The third kappa shape index (κ3) is 3.44. The molecule has 0 heterocycles. The van der Waals surface area contributed by atoms with Gasteiger partial charge in [0.15, 0.2) is 0 Å². The molecular weight excluding hydrogens is 258 g/mol. The minimum atomic E-state index is -0.775. The molecule has 0 spiro atoms. The number of aliphatic carboxylic acids is 1. The van der Waals surface area contributed by atoms with Crippen molar-refractivity contribution in [2.24, 2.45) is 17.3 Å². The first-order valence-corrected chi connectivity index (χ1v) is 7.39. The van der Waals surface area contributed by atoms with E-state index in [0.29, 0.717) is 18.4 Å². The lowest BCUT2D eigenvalue weighted by atomic mass is 9.70. The fourth-order valence-corrected chi connectivity index (χ4v) is 3.92. The molecule has 2 aliphatic carbocycles. The molecule has 114 valence electrons. The average molecular weight is 283 g/mol. The first kappa shape index (κ1) is 15.1. The molecule has 0 aromatic rings. The Hall–Kier alpha value is -1.26. The van der Waals surface area contributed by atoms with Gasteiger partial charge in [0.25, 0.3) is 0 Å². The first-order chi connectivity index (χ1) is 9.20. The van der Waals surface area contributed by atoms with E-state index in [1.807, 2.05) is 20.8 Å². The number of carbonyl (C=O) groups is 2. The summed E-state index contributed by atoms with van der Waals surface area (Å²) in [4.78, 5) is 22.9. The summed E-state index contributed by atoms with van der Waals surface area (Å²) in [6.07, 6.45) is 4.02. The van der Waals surface area contributed by atoms with Crippen molar-refractivity contribution in [2.75, 3.05) is 6.54 Å². The van der Waals surface area contributed by atoms with Crippen molar-refractivity contribution in [3.8, 4) is 0 Å². The van der Waals surface area contributed by atoms with Gasteiger partial charge in [-0.1, -0.05) is 6.42 Å². The van der Waals surface area contributed by atoms with E-state index in [-0.39, 0.29) is 11.8 Å². The lowest BCUT2D eigenvalue weighted by molar-refractivity contribution is -0.140. The number of amides is 1. The van der Waals surface area contributed by atoms with Crippen LogP contribution in [-0.2, 0) is 9.53 Å². The minimum absolute atomic E-state index is 0.143. The highest BCUT2D eigenvalue weighted by Gasteiger charge is 2.51. The molecule has 2 N–H and O–H groups in total. The predicted molar refractivity (Wildman–Crippen MR) is 74.4 cm³/mol. The van der Waals surface area contributed by atoms with Gasteiger partial charge in [0.05, 0.1) is 6.42 Å². The Morgan fingerprint density at radius 3 is 2.50 bits per heavy atom. The number of alkyl carbamates (subject to hydrolysis) is 1. The van der Waals surface area contributed by atoms with Gasteiger partial charge in [0.2, 0.25) is 0 Å². The minimum Gasteiger partial charge on any atom is -0.481 e. The lowest BCUT2D eigenvalue weighted by Gasteiger charge is -2.36. The highest BCUT2D eigenvalue weighted by molar-refractivity contribution is 5.69. The van der Waals surface area contributed by atoms with E-state index < -0.39 is 17.7 Å². The average Bonchev–Trinajstić information content (AvgIpc) is 2.83. The molecule has 0 aromatic heterocycles. The zero-order valence-electron chi connectivity index (χ0n) is 12.6. The maximum absolute atomic E-state index is 11.8. The van der Waals surface area contributed by atoms with Crippen molar-refractivity contribution < 1.29 is 19.4 Å². The molecule has 1 amide bonds. The van der Waals surface area contributed by atoms with E-state index >= 15 is 0 Å². The van der Waals surface area contributed by atoms with Gasteiger partial charge < -0.3 is 15.2 Å². The summed E-state index contributed by atoms with van der Waals surface area (Å²) < 4.78 is 5.23. The second kappa shape index (κ2) is 5.26. The van der Waals surface area contributed by atoms with Gasteiger partial charge in [-0.25, -0.2) is 4.79 Å². The van der Waals surface area contributed by atoms with Gasteiger partial charge in [0.1, 0.15) is 5.60 Å². The molecule has 2 saturated carbocycles. The van der Waals surface area contributed by atoms with Crippen LogP contribution in [0.5, 0.6) is 0 Å². The Bertz CT molecular complexity index is 401. The summed E-state index contributed by atoms with van der Waals surface area (Å²) in [6, 6.07) is 0. The number of rotatable bonds is 4. The lowest BCUT2D eigenvalue weighted by Crippen LogP contribution is -2.44. The van der Waals surface area contributed by atoms with Crippen LogP contribution in [0.25, 0.3) is 0 Å². The summed E-state index contributed by atoms with van der Waals surface area (Å²) in [6.45, 7) is 5.86. The first-order valence-electron chi connectivity index (χ1n) is 7.39. The molecule has 2 bridgehead atoms. The van der Waals surface area contributed by atoms with Crippen molar-refractivity contribution in [2.45, 2.75) is 58.5 Å². The number of nitrogens with one attached hydrogen (secondary N) is 1. The second-order valence-electron chi connectivity index (χ2n) is 7.37. The van der Waals surface area contributed by atoms with Crippen molar-refractivity contribution in [1.82, 2.24) is 5.32 Å². The van der Waals surface area contributed by atoms with Crippen LogP contribution in [0.15, 0.2) is 0 Å². The van der Waals surface area contributed by atoms with E-state index in [4.69, 9.17) is 4.74 Å². The van der Waals surface area contributed by atoms with Gasteiger partial charge >= 0.3 is 12.1 Å². The summed E-state index contributed by atoms with van der Waals surface area (Å²) in [7, 11) is 0. The van der Waals surface area contributed by atoms with E-state index in [1.165, 1.54) is 6.42 Å². The Kier molecular flexibility index (Phi) is 3.98. The summed E-state index contributed by atoms with van der Waals surface area (Å²) >= 11 is 0. The highest BCUT2D eigenvalue weighted by Crippen LogP contribution is 2.57. The summed E-state index contributed by atoms with van der Waals surface area (Å²) in [5.74, 6) is 0.293. The maximum atomic E-state index is 11.8. The Labute approximate surface area is 120 Å². The quantitative estimate of drug-likeness (QED) is 0.832. The molecule has 3 atom stereocenters. The second-order valence-corrected chi connectivity index (χ2v) is 7.37. The molecule has 0 aromatic carbocycles. The van der Waals surface area contributed by atoms with Gasteiger partial charge in [-0.15, -0.1) is 0 Å². The normalized spacial score (nSPS) is 32.1. The summed E-state index contributed by atoms with van der Waals surface area (Å²) in [5.41, 5.74) is -0.801. The monoisotopic (exact) mass is 283 g/mol. The van der Waals surface area contributed by atoms with Crippen molar-refractivity contribution in [3.63, 3.8) is 0 Å². The molecule has 2 rings (SSSR count). The zero-order chi connectivity index (χ0) is 15.0. The number of hydrogen-bond acceptors (Lipinski definition) is 3. The Balaban J connectivity index is 1.96. The van der Waals surface area contributed by atoms with Crippen LogP contribution in [0.4, 0.5) is 4.79 Å². The topological polar surface area (TPSA) is 75.6 Å². The number of carboxylic acids is 1. The number of carboxylic acid groups (broad SMARTS) is 1. The van der Waals surface area contributed by atoms with Crippen LogP contribution >= 0.6 is 0 Å². The van der Waals surface area contributed by atoms with Gasteiger partial charge in [-0.2, -0.15) is 0 Å². The Morgan fingerprint density at radius 1 is 1.35 bits per heavy atom. The number of hydrogen-bond donors (Lipinski definition) is 2. The van der Waals surface area contributed by atoms with E-state index in [2.05, 4.69) is 5.32 Å². The fraction of sp³-hybridized carbons (Fsp3) is 0.867. The van der Waals surface area contributed by atoms with Crippen molar-refractivity contribution in [1.29, 1.82) is 0 Å². The third-order valence-corrected chi connectivity index (χ3v) is 4.59. The van der Waals surface area contributed by atoms with Crippen LogP contribution in [0, 0.1) is 17.3 Å². The number of carbonyl (C=O) groups excluding carboxylic acids is 1. The summed E-state index contributed by atoms with van der Waals surface area (Å²) in [5, 5.41) is 12.0. The molecule has 20 heavy (non-hydrogen) atoms. The smallest absolute Gasteiger partial charge is 0.407 e. The van der Waals surface area contributed by atoms with Gasteiger partial charge in [-0.05, 0) is 51.9 Å². The van der Waals surface area contributed by atoms with Crippen LogP contribution in [0.1, 0.15) is 52.9 Å². The van der Waals surface area contributed by atoms with Gasteiger partial charge in [0, 0.05) is 12.0 Å². The maximum Gasteiger partial charge on any atom is 0.407 e. The van der Waals surface area contributed by atoms with Crippen LogP contribution < -0.4 is 5.32 Å². The van der Waals surface area contributed by atoms with Crippen LogP contribution in [0.3, 0.4) is 0 Å². The highest BCUT2D eigenvalue weighted by atomic mass is 16.6. The van der Waals surface area contributed by atoms with Crippen molar-refractivity contribution >= 4 is 12.1 Å². The standard InChI is InChI=1S/C15H25NO4/c1-14(2,3)20-13(19)16-9-15(8-12(17)18)7-10-4-5-11(15)6-10/h10-11H,4-9H2,1-3H3,(H,16,19)(H,17,18). The molecule has 0 saturated heterocycles. The molecule has 2 fully saturated rings. The van der Waals surface area contributed by atoms with Crippen molar-refractivity contribution in [3.05, 3.63) is 0 Å². The zero-order valence-corrected chi connectivity index (χ0v) is 12.6. The molecule has 3 unspecified atom stereocenters. The van der Waals surface area contributed by atoms with E-state index in [0.717, 1.165) is 19.3 Å². The molecule has 5 nitrogen and oxygen atoms in total. The number of fused-ring (bicyclic) bond motifs is 2. The van der Waals surface area contributed by atoms with Crippen LogP contribution in [-0.4, -0.2) is 29.3 Å². The Morgan fingerprint density at radius 2 is 2.05 bits per heavy atom. The van der Waals surface area contributed by atoms with E-state index in [1.54, 1.807) is 0 Å². The molecule has 0 radical (unpaired) electrons. The molecule has 0 aliphatic heterocycles. The SMILES string of the molecule is CC(C)(C)OC(=O)NCC1(CC(=O)O)CC2CCC1C2. The van der Waals surface area contributed by atoms with E-state index in [9.17, 15) is 14.7 Å². The number of ether oxygens (including phenoxy) is 1. The van der Waals surface area contributed by atoms with Gasteiger partial charge in [-0.3, -0.25) is 4.79 Å². The largest absolute Gasteiger partial charge is 0.481 e. The third-order valence-electron chi connectivity index (χ3n) is 4.59. The predicted octanol–water partition coefficient (Wildman–Crippen LogP) is 2.79. The molecular formula is C15H25NO4. The molecule has 2 aliphatic rings.